The summed E-state index contributed by atoms with van der Waals surface area (Å²) in [5.41, 5.74) is 3.54. The third-order valence-corrected chi connectivity index (χ3v) is 5.96. The van der Waals surface area contributed by atoms with Gasteiger partial charge in [0.15, 0.2) is 5.82 Å². The Balaban J connectivity index is 1.53. The number of methoxy groups -OCH3 is 1. The highest BCUT2D eigenvalue weighted by molar-refractivity contribution is 5.95. The van der Waals surface area contributed by atoms with E-state index in [2.05, 4.69) is 27.5 Å². The first-order chi connectivity index (χ1) is 15.5. The molecule has 0 spiro atoms. The number of hydrogen-bond acceptors (Lipinski definition) is 6. The highest BCUT2D eigenvalue weighted by atomic mass is 16.5. The summed E-state index contributed by atoms with van der Waals surface area (Å²) in [6, 6.07) is 11.8. The van der Waals surface area contributed by atoms with Crippen molar-refractivity contribution in [1.29, 1.82) is 0 Å². The van der Waals surface area contributed by atoms with Gasteiger partial charge in [-0.15, -0.1) is 0 Å². The van der Waals surface area contributed by atoms with Crippen LogP contribution in [0, 0.1) is 20.8 Å². The van der Waals surface area contributed by atoms with Crippen molar-refractivity contribution in [2.45, 2.75) is 26.8 Å². The fraction of sp³-hybridized carbons (Fsp3) is 0.417. The highest BCUT2D eigenvalue weighted by Crippen LogP contribution is 2.25. The van der Waals surface area contributed by atoms with Gasteiger partial charge in [0.25, 0.3) is 5.91 Å². The van der Waals surface area contributed by atoms with Gasteiger partial charge in [-0.25, -0.2) is 0 Å². The largest absolute Gasteiger partial charge is 0.497 e. The molecule has 1 atom stereocenters. The standard InChI is InChI=1S/C24H30N4O4/c1-16-13-21(18(3)28(16)23-14-17(2)32-26-23)24(29)25-15-22(27-9-11-31-12-10-27)19-5-7-20(30-4)8-6-19/h5-8,13-14,22H,9-12,15H2,1-4H3,(H,25,29). The Morgan fingerprint density at radius 3 is 2.50 bits per heavy atom. The molecule has 1 saturated heterocycles. The molecule has 3 heterocycles. The molecule has 1 aromatic carbocycles. The summed E-state index contributed by atoms with van der Waals surface area (Å²) in [6.45, 7) is 9.27. The summed E-state index contributed by atoms with van der Waals surface area (Å²) in [4.78, 5) is 15.5. The molecule has 1 amide bonds. The number of rotatable bonds is 7. The molecule has 170 valence electrons. The summed E-state index contributed by atoms with van der Waals surface area (Å²) >= 11 is 0. The SMILES string of the molecule is COc1ccc(C(CNC(=O)c2cc(C)n(-c3cc(C)on3)c2C)N2CCOCC2)cc1. The van der Waals surface area contributed by atoms with Crippen molar-refractivity contribution in [2.24, 2.45) is 0 Å². The van der Waals surface area contributed by atoms with Crippen molar-refractivity contribution in [2.75, 3.05) is 40.0 Å². The predicted molar refractivity (Wildman–Crippen MR) is 121 cm³/mol. The monoisotopic (exact) mass is 438 g/mol. The quantitative estimate of drug-likeness (QED) is 0.610. The zero-order valence-corrected chi connectivity index (χ0v) is 19.1. The van der Waals surface area contributed by atoms with Crippen LogP contribution in [0.3, 0.4) is 0 Å². The maximum absolute atomic E-state index is 13.2. The number of carbonyl (C=O) groups excluding carboxylic acids is 1. The van der Waals surface area contributed by atoms with Gasteiger partial charge in [-0.05, 0) is 44.5 Å². The first-order valence-corrected chi connectivity index (χ1v) is 10.8. The lowest BCUT2D eigenvalue weighted by Crippen LogP contribution is -2.43. The molecule has 1 aliphatic rings. The van der Waals surface area contributed by atoms with E-state index in [4.69, 9.17) is 14.0 Å². The Bertz CT molecular complexity index is 1060. The van der Waals surface area contributed by atoms with Crippen molar-refractivity contribution >= 4 is 5.91 Å². The van der Waals surface area contributed by atoms with Crippen LogP contribution in [0.25, 0.3) is 5.82 Å². The number of benzene rings is 1. The van der Waals surface area contributed by atoms with E-state index < -0.39 is 0 Å². The molecule has 0 aliphatic carbocycles. The molecule has 8 nitrogen and oxygen atoms in total. The number of carbonyl (C=O) groups is 1. The van der Waals surface area contributed by atoms with Gasteiger partial charge in [-0.1, -0.05) is 17.3 Å². The Morgan fingerprint density at radius 2 is 1.88 bits per heavy atom. The van der Waals surface area contributed by atoms with Crippen LogP contribution in [0.1, 0.15) is 39.1 Å². The molecular weight excluding hydrogens is 408 g/mol. The summed E-state index contributed by atoms with van der Waals surface area (Å²) in [6.07, 6.45) is 0. The molecule has 0 bridgehead atoms. The van der Waals surface area contributed by atoms with Crippen molar-refractivity contribution in [1.82, 2.24) is 19.9 Å². The number of aromatic nitrogens is 2. The second-order valence-corrected chi connectivity index (χ2v) is 8.06. The van der Waals surface area contributed by atoms with Crippen LogP contribution in [-0.4, -0.2) is 60.5 Å². The zero-order valence-electron chi connectivity index (χ0n) is 19.1. The van der Waals surface area contributed by atoms with Gasteiger partial charge in [-0.3, -0.25) is 14.3 Å². The first-order valence-electron chi connectivity index (χ1n) is 10.8. The van der Waals surface area contributed by atoms with Gasteiger partial charge in [0, 0.05) is 37.1 Å². The molecule has 1 fully saturated rings. The first kappa shape index (κ1) is 22.1. The molecule has 3 aromatic rings. The summed E-state index contributed by atoms with van der Waals surface area (Å²) in [7, 11) is 1.66. The summed E-state index contributed by atoms with van der Waals surface area (Å²) < 4.78 is 18.0. The van der Waals surface area contributed by atoms with E-state index in [9.17, 15) is 4.79 Å². The van der Waals surface area contributed by atoms with Crippen LogP contribution < -0.4 is 10.1 Å². The Hall–Kier alpha value is -3.10. The minimum Gasteiger partial charge on any atom is -0.497 e. The molecule has 8 heteroatoms. The second-order valence-electron chi connectivity index (χ2n) is 8.06. The number of ether oxygens (including phenoxy) is 2. The van der Waals surface area contributed by atoms with E-state index in [1.54, 1.807) is 7.11 Å². The molecule has 1 N–H and O–H groups in total. The highest BCUT2D eigenvalue weighted by Gasteiger charge is 2.25. The minimum absolute atomic E-state index is 0.0513. The number of amides is 1. The molecule has 1 aliphatic heterocycles. The van der Waals surface area contributed by atoms with Crippen LogP contribution in [-0.2, 0) is 4.74 Å². The normalized spacial score (nSPS) is 15.5. The number of aryl methyl sites for hydroxylation is 2. The van der Waals surface area contributed by atoms with Gasteiger partial charge in [-0.2, -0.15) is 0 Å². The fourth-order valence-corrected chi connectivity index (χ4v) is 4.26. The van der Waals surface area contributed by atoms with E-state index in [-0.39, 0.29) is 11.9 Å². The number of morpholine rings is 1. The minimum atomic E-state index is -0.101. The maximum Gasteiger partial charge on any atom is 0.253 e. The van der Waals surface area contributed by atoms with Crippen LogP contribution in [0.2, 0.25) is 0 Å². The average molecular weight is 439 g/mol. The lowest BCUT2D eigenvalue weighted by Gasteiger charge is -2.35. The average Bonchev–Trinajstić information content (AvgIpc) is 3.36. The maximum atomic E-state index is 13.2. The Morgan fingerprint density at radius 1 is 1.16 bits per heavy atom. The number of nitrogens with zero attached hydrogens (tertiary/aromatic N) is 3. The van der Waals surface area contributed by atoms with Gasteiger partial charge >= 0.3 is 0 Å². The van der Waals surface area contributed by atoms with Crippen LogP contribution in [0.5, 0.6) is 5.75 Å². The van der Waals surface area contributed by atoms with Crippen LogP contribution in [0.15, 0.2) is 40.9 Å². The lowest BCUT2D eigenvalue weighted by molar-refractivity contribution is 0.0162. The van der Waals surface area contributed by atoms with E-state index in [1.807, 2.05) is 49.6 Å². The van der Waals surface area contributed by atoms with Gasteiger partial charge in [0.05, 0.1) is 31.9 Å². The van der Waals surface area contributed by atoms with Crippen molar-refractivity contribution < 1.29 is 18.8 Å². The second kappa shape index (κ2) is 9.58. The third-order valence-electron chi connectivity index (χ3n) is 5.96. The molecule has 32 heavy (non-hydrogen) atoms. The van der Waals surface area contributed by atoms with E-state index >= 15 is 0 Å². The molecule has 0 radical (unpaired) electrons. The third kappa shape index (κ3) is 4.56. The van der Waals surface area contributed by atoms with E-state index in [0.717, 1.165) is 41.6 Å². The van der Waals surface area contributed by atoms with Crippen molar-refractivity contribution in [3.05, 3.63) is 64.7 Å². The number of nitrogens with one attached hydrogen (secondary N) is 1. The Kier molecular flexibility index (Phi) is 6.62. The topological polar surface area (TPSA) is 81.8 Å². The van der Waals surface area contributed by atoms with Crippen molar-refractivity contribution in [3.63, 3.8) is 0 Å². The Labute approximate surface area is 188 Å². The van der Waals surface area contributed by atoms with E-state index in [1.165, 1.54) is 0 Å². The van der Waals surface area contributed by atoms with Crippen molar-refractivity contribution in [3.8, 4) is 11.6 Å². The molecule has 0 saturated carbocycles. The number of hydrogen-bond donors (Lipinski definition) is 1. The molecular formula is C24H30N4O4. The summed E-state index contributed by atoms with van der Waals surface area (Å²) in [5, 5.41) is 7.25. The lowest BCUT2D eigenvalue weighted by atomic mass is 10.0. The molecule has 4 rings (SSSR count). The zero-order chi connectivity index (χ0) is 22.7. The van der Waals surface area contributed by atoms with Gasteiger partial charge < -0.3 is 19.3 Å². The fourth-order valence-electron chi connectivity index (χ4n) is 4.26. The van der Waals surface area contributed by atoms with Gasteiger partial charge in [0.2, 0.25) is 0 Å². The van der Waals surface area contributed by atoms with E-state index in [0.29, 0.717) is 31.1 Å². The van der Waals surface area contributed by atoms with Gasteiger partial charge in [0.1, 0.15) is 11.5 Å². The molecule has 2 aromatic heterocycles. The smallest absolute Gasteiger partial charge is 0.253 e. The molecule has 1 unspecified atom stereocenters. The van der Waals surface area contributed by atoms with Crippen LogP contribution >= 0.6 is 0 Å². The summed E-state index contributed by atoms with van der Waals surface area (Å²) in [5.74, 6) is 2.12. The predicted octanol–water partition coefficient (Wildman–Crippen LogP) is 3.20. The van der Waals surface area contributed by atoms with Crippen LogP contribution in [0.4, 0.5) is 0 Å².